The number of carbonyl (C=O) groups is 1. The Morgan fingerprint density at radius 3 is 2.57 bits per heavy atom. The van der Waals surface area contributed by atoms with Crippen molar-refractivity contribution in [1.29, 1.82) is 0 Å². The van der Waals surface area contributed by atoms with Crippen LogP contribution in [0.25, 0.3) is 0 Å². The molecule has 0 saturated heterocycles. The molecule has 0 bridgehead atoms. The van der Waals surface area contributed by atoms with E-state index in [0.29, 0.717) is 22.8 Å². The summed E-state index contributed by atoms with van der Waals surface area (Å²) in [5.74, 6) is 0.747. The van der Waals surface area contributed by atoms with Crippen LogP contribution < -0.4 is 14.9 Å². The number of methoxy groups -OCH3 is 2. The van der Waals surface area contributed by atoms with E-state index in [-0.39, 0.29) is 5.91 Å². The molecule has 0 aliphatic heterocycles. The minimum absolute atomic E-state index is 0.318. The molecule has 1 aromatic carbocycles. The Hall–Kier alpha value is -2.76. The van der Waals surface area contributed by atoms with E-state index in [1.807, 2.05) is 12.1 Å². The monoisotopic (exact) mass is 287 g/mol. The Morgan fingerprint density at radius 1 is 1.19 bits per heavy atom. The van der Waals surface area contributed by atoms with Crippen molar-refractivity contribution < 1.29 is 14.3 Å². The fraction of sp³-hybridized carbons (Fsp3) is 0.200. The first kappa shape index (κ1) is 14.6. The number of carbonyl (C=O) groups excluding carboxylic acids is 1. The van der Waals surface area contributed by atoms with Crippen molar-refractivity contribution in [3.63, 3.8) is 0 Å². The van der Waals surface area contributed by atoms with Gasteiger partial charge in [-0.1, -0.05) is 0 Å². The number of aromatic amines is 1. The molecular formula is C15H17N3O3. The Labute approximate surface area is 122 Å². The summed E-state index contributed by atoms with van der Waals surface area (Å²) in [6, 6.07) is 8.67. The third-order valence-electron chi connectivity index (χ3n) is 2.96. The third-order valence-corrected chi connectivity index (χ3v) is 2.96. The standard InChI is InChI=1S/C15H17N3O3/c1-10(12-5-4-8-16-12)17-18-15(19)11-6-7-13(20-2)14(9-11)21-3/h4-9,16H,1-3H3,(H,18,19)/b17-10+. The molecule has 2 aromatic rings. The average molecular weight is 287 g/mol. The largest absolute Gasteiger partial charge is 0.493 e. The number of rotatable bonds is 5. The predicted octanol–water partition coefficient (Wildman–Crippen LogP) is 2.19. The second-order valence-electron chi connectivity index (χ2n) is 4.29. The molecule has 0 saturated carbocycles. The Bertz CT molecular complexity index is 648. The van der Waals surface area contributed by atoms with Crippen molar-refractivity contribution in [3.8, 4) is 11.5 Å². The summed E-state index contributed by atoms with van der Waals surface area (Å²) in [7, 11) is 3.06. The molecule has 0 fully saturated rings. The number of hydrogen-bond acceptors (Lipinski definition) is 4. The van der Waals surface area contributed by atoms with Gasteiger partial charge in [-0.3, -0.25) is 4.79 Å². The van der Waals surface area contributed by atoms with Crippen LogP contribution in [0.2, 0.25) is 0 Å². The molecule has 0 aliphatic carbocycles. The maximum atomic E-state index is 12.1. The van der Waals surface area contributed by atoms with Crippen LogP contribution >= 0.6 is 0 Å². The maximum absolute atomic E-state index is 12.1. The normalized spacial score (nSPS) is 11.1. The van der Waals surface area contributed by atoms with Gasteiger partial charge < -0.3 is 14.5 Å². The number of benzene rings is 1. The number of H-pyrrole nitrogens is 1. The first-order valence-electron chi connectivity index (χ1n) is 6.36. The van der Waals surface area contributed by atoms with Gasteiger partial charge in [0.1, 0.15) is 0 Å². The number of nitrogens with zero attached hydrogens (tertiary/aromatic N) is 1. The molecule has 0 aliphatic rings. The highest BCUT2D eigenvalue weighted by Crippen LogP contribution is 2.27. The van der Waals surface area contributed by atoms with E-state index in [9.17, 15) is 4.79 Å². The van der Waals surface area contributed by atoms with Gasteiger partial charge in [0.05, 0.1) is 25.6 Å². The molecule has 2 N–H and O–H groups in total. The zero-order valence-electron chi connectivity index (χ0n) is 12.1. The summed E-state index contributed by atoms with van der Waals surface area (Å²) in [6.45, 7) is 1.81. The van der Waals surface area contributed by atoms with Crippen LogP contribution in [0.5, 0.6) is 11.5 Å². The van der Waals surface area contributed by atoms with Gasteiger partial charge in [0, 0.05) is 11.8 Å². The molecule has 0 atom stereocenters. The topological polar surface area (TPSA) is 75.7 Å². The smallest absolute Gasteiger partial charge is 0.271 e. The number of hydrogen-bond donors (Lipinski definition) is 2. The van der Waals surface area contributed by atoms with Gasteiger partial charge in [0.15, 0.2) is 11.5 Å². The molecule has 0 radical (unpaired) electrons. The summed E-state index contributed by atoms with van der Waals surface area (Å²) < 4.78 is 10.3. The SMILES string of the molecule is COc1ccc(C(=O)N/N=C(\C)c2ccc[nH]2)cc1OC. The lowest BCUT2D eigenvalue weighted by Gasteiger charge is -2.08. The van der Waals surface area contributed by atoms with Gasteiger partial charge in [-0.25, -0.2) is 5.43 Å². The summed E-state index contributed by atoms with van der Waals surface area (Å²) in [4.78, 5) is 15.1. The average Bonchev–Trinajstić information content (AvgIpc) is 3.06. The van der Waals surface area contributed by atoms with E-state index >= 15 is 0 Å². The first-order chi connectivity index (χ1) is 10.2. The predicted molar refractivity (Wildman–Crippen MR) is 80.0 cm³/mol. The molecule has 1 aromatic heterocycles. The van der Waals surface area contributed by atoms with Gasteiger partial charge in [-0.2, -0.15) is 5.10 Å². The van der Waals surface area contributed by atoms with E-state index in [2.05, 4.69) is 15.5 Å². The second kappa shape index (κ2) is 6.60. The van der Waals surface area contributed by atoms with Gasteiger partial charge in [0.25, 0.3) is 5.91 Å². The summed E-state index contributed by atoms with van der Waals surface area (Å²) in [5.41, 5.74) is 4.49. The molecule has 0 unspecified atom stereocenters. The van der Waals surface area contributed by atoms with E-state index in [1.165, 1.54) is 7.11 Å². The number of aromatic nitrogens is 1. The van der Waals surface area contributed by atoms with Crippen molar-refractivity contribution in [2.45, 2.75) is 6.92 Å². The molecule has 21 heavy (non-hydrogen) atoms. The molecule has 0 spiro atoms. The van der Waals surface area contributed by atoms with Crippen molar-refractivity contribution in [2.75, 3.05) is 14.2 Å². The highest BCUT2D eigenvalue weighted by atomic mass is 16.5. The number of ether oxygens (including phenoxy) is 2. The lowest BCUT2D eigenvalue weighted by molar-refractivity contribution is 0.0954. The van der Waals surface area contributed by atoms with E-state index < -0.39 is 0 Å². The summed E-state index contributed by atoms with van der Waals surface area (Å²) in [6.07, 6.45) is 1.80. The minimum Gasteiger partial charge on any atom is -0.493 e. The molecule has 1 heterocycles. The third kappa shape index (κ3) is 3.42. The zero-order chi connectivity index (χ0) is 15.2. The maximum Gasteiger partial charge on any atom is 0.271 e. The van der Waals surface area contributed by atoms with E-state index in [0.717, 1.165) is 5.69 Å². The van der Waals surface area contributed by atoms with Crippen LogP contribution in [0.3, 0.4) is 0 Å². The highest BCUT2D eigenvalue weighted by molar-refractivity contribution is 5.99. The van der Waals surface area contributed by atoms with E-state index in [4.69, 9.17) is 9.47 Å². The minimum atomic E-state index is -0.318. The lowest BCUT2D eigenvalue weighted by atomic mass is 10.2. The quantitative estimate of drug-likeness (QED) is 0.653. The van der Waals surface area contributed by atoms with Gasteiger partial charge in [-0.05, 0) is 37.3 Å². The summed E-state index contributed by atoms with van der Waals surface area (Å²) in [5, 5.41) is 4.05. The van der Waals surface area contributed by atoms with Crippen molar-refractivity contribution in [1.82, 2.24) is 10.4 Å². The van der Waals surface area contributed by atoms with E-state index in [1.54, 1.807) is 38.4 Å². The van der Waals surface area contributed by atoms with Crippen LogP contribution in [0.1, 0.15) is 23.0 Å². The number of hydrazone groups is 1. The molecule has 6 nitrogen and oxygen atoms in total. The van der Waals surface area contributed by atoms with Crippen molar-refractivity contribution in [2.24, 2.45) is 5.10 Å². The Morgan fingerprint density at radius 2 is 1.95 bits per heavy atom. The number of nitrogens with one attached hydrogen (secondary N) is 2. The zero-order valence-corrected chi connectivity index (χ0v) is 12.1. The fourth-order valence-electron chi connectivity index (χ4n) is 1.79. The van der Waals surface area contributed by atoms with Crippen LogP contribution in [0, 0.1) is 0 Å². The van der Waals surface area contributed by atoms with Crippen molar-refractivity contribution >= 4 is 11.6 Å². The Kier molecular flexibility index (Phi) is 4.61. The molecule has 6 heteroatoms. The van der Waals surface area contributed by atoms with Crippen molar-refractivity contribution in [3.05, 3.63) is 47.8 Å². The lowest BCUT2D eigenvalue weighted by Crippen LogP contribution is -2.19. The first-order valence-corrected chi connectivity index (χ1v) is 6.36. The molecule has 2 rings (SSSR count). The van der Waals surface area contributed by atoms with Crippen LogP contribution in [-0.4, -0.2) is 30.8 Å². The second-order valence-corrected chi connectivity index (χ2v) is 4.29. The number of amides is 1. The Balaban J connectivity index is 2.12. The summed E-state index contributed by atoms with van der Waals surface area (Å²) >= 11 is 0. The van der Waals surface area contributed by atoms with Crippen LogP contribution in [0.15, 0.2) is 41.6 Å². The highest BCUT2D eigenvalue weighted by Gasteiger charge is 2.10. The van der Waals surface area contributed by atoms with Gasteiger partial charge in [0.2, 0.25) is 0 Å². The molecule has 110 valence electrons. The van der Waals surface area contributed by atoms with Crippen LogP contribution in [-0.2, 0) is 0 Å². The van der Waals surface area contributed by atoms with Crippen LogP contribution in [0.4, 0.5) is 0 Å². The molecular weight excluding hydrogens is 270 g/mol. The van der Waals surface area contributed by atoms with Gasteiger partial charge in [-0.15, -0.1) is 0 Å². The molecule has 1 amide bonds. The fourth-order valence-corrected chi connectivity index (χ4v) is 1.79. The van der Waals surface area contributed by atoms with Gasteiger partial charge >= 0.3 is 0 Å².